The Labute approximate surface area is 198 Å². The summed E-state index contributed by atoms with van der Waals surface area (Å²) in [5.74, 6) is -2.68. The molecule has 0 aromatic heterocycles. The van der Waals surface area contributed by atoms with Crippen LogP contribution in [0.4, 0.5) is 13.2 Å². The Morgan fingerprint density at radius 1 is 0.818 bits per heavy atom. The van der Waals surface area contributed by atoms with Crippen molar-refractivity contribution in [2.45, 2.75) is 53.4 Å². The fourth-order valence-corrected chi connectivity index (χ4v) is 2.52. The van der Waals surface area contributed by atoms with E-state index < -0.39 is 23.2 Å². The maximum absolute atomic E-state index is 14.6. The minimum absolute atomic E-state index is 0.0711. The van der Waals surface area contributed by atoms with Crippen molar-refractivity contribution in [2.24, 2.45) is 11.8 Å². The van der Waals surface area contributed by atoms with Gasteiger partial charge < -0.3 is 4.74 Å². The molecule has 0 aliphatic rings. The fourth-order valence-electron chi connectivity index (χ4n) is 2.52. The molecule has 0 saturated heterocycles. The lowest BCUT2D eigenvalue weighted by Crippen LogP contribution is -2.00. The molecule has 33 heavy (non-hydrogen) atoms. The number of hydrogen-bond acceptors (Lipinski definition) is 1. The first-order valence-corrected chi connectivity index (χ1v) is 11.2. The van der Waals surface area contributed by atoms with Crippen LogP contribution >= 0.6 is 0 Å². The van der Waals surface area contributed by atoms with Gasteiger partial charge in [0.1, 0.15) is 5.83 Å². The molecule has 0 rings (SSSR count). The van der Waals surface area contributed by atoms with Gasteiger partial charge in [-0.3, -0.25) is 0 Å². The highest BCUT2D eigenvalue weighted by molar-refractivity contribution is 5.53. The molecule has 0 saturated carbocycles. The molecular formula is C29H39F3O. The zero-order valence-electron chi connectivity index (χ0n) is 20.7. The molecule has 1 atom stereocenters. The van der Waals surface area contributed by atoms with Gasteiger partial charge in [0.15, 0.2) is 11.6 Å². The topological polar surface area (TPSA) is 9.23 Å². The van der Waals surface area contributed by atoms with E-state index in [0.717, 1.165) is 19.3 Å². The first-order chi connectivity index (χ1) is 15.3. The third-order valence-corrected chi connectivity index (χ3v) is 5.15. The number of hydrogen-bond donors (Lipinski definition) is 0. The molecule has 1 unspecified atom stereocenters. The highest BCUT2D eigenvalue weighted by Crippen LogP contribution is 2.28. The van der Waals surface area contributed by atoms with Gasteiger partial charge in [0.2, 0.25) is 5.83 Å². The normalized spacial score (nSPS) is 13.5. The van der Waals surface area contributed by atoms with Gasteiger partial charge in [-0.05, 0) is 47.5 Å². The number of ether oxygens (including phenoxy) is 1. The van der Waals surface area contributed by atoms with Crippen LogP contribution in [0, 0.1) is 11.8 Å². The lowest BCUT2D eigenvalue weighted by atomic mass is 9.92. The first-order valence-electron chi connectivity index (χ1n) is 11.2. The Morgan fingerprint density at radius 2 is 1.36 bits per heavy atom. The molecule has 0 N–H and O–H groups in total. The maximum atomic E-state index is 14.6. The number of halogens is 3. The summed E-state index contributed by atoms with van der Waals surface area (Å²) in [6.45, 7) is 30.6. The van der Waals surface area contributed by atoms with Crippen LogP contribution in [-0.2, 0) is 4.74 Å². The monoisotopic (exact) mass is 460 g/mol. The van der Waals surface area contributed by atoms with E-state index in [1.54, 1.807) is 0 Å². The van der Waals surface area contributed by atoms with Gasteiger partial charge in [-0.1, -0.05) is 92.2 Å². The van der Waals surface area contributed by atoms with Gasteiger partial charge in [0, 0.05) is 11.1 Å². The van der Waals surface area contributed by atoms with E-state index in [2.05, 4.69) is 53.3 Å². The van der Waals surface area contributed by atoms with Crippen molar-refractivity contribution in [2.75, 3.05) is 6.61 Å². The van der Waals surface area contributed by atoms with Crippen molar-refractivity contribution in [3.05, 3.63) is 109 Å². The number of rotatable bonds is 16. The molecule has 0 amide bonds. The average molecular weight is 461 g/mol. The summed E-state index contributed by atoms with van der Waals surface area (Å²) in [7, 11) is 0. The number of allylic oxidation sites excluding steroid dienone is 11. The molecule has 0 aromatic carbocycles. The van der Waals surface area contributed by atoms with E-state index in [0.29, 0.717) is 17.9 Å². The van der Waals surface area contributed by atoms with Gasteiger partial charge >= 0.3 is 0 Å². The Balaban J connectivity index is 5.13. The molecule has 0 radical (unpaired) electrons. The highest BCUT2D eigenvalue weighted by Gasteiger charge is 2.16. The molecule has 0 fully saturated rings. The van der Waals surface area contributed by atoms with E-state index in [-0.39, 0.29) is 34.8 Å². The second kappa shape index (κ2) is 15.2. The molecule has 0 spiro atoms. The first kappa shape index (κ1) is 30.2. The number of unbranched alkanes of at least 4 members (excludes halogenated alkanes) is 1. The Kier molecular flexibility index (Phi) is 13.9. The van der Waals surface area contributed by atoms with Crippen LogP contribution < -0.4 is 0 Å². The Hall–Kier alpha value is -2.75. The Morgan fingerprint density at radius 3 is 1.88 bits per heavy atom. The molecule has 4 heteroatoms. The summed E-state index contributed by atoms with van der Waals surface area (Å²) in [5.41, 5.74) is 0.826. The molecular weight excluding hydrogens is 421 g/mol. The zero-order valence-corrected chi connectivity index (χ0v) is 20.7. The summed E-state index contributed by atoms with van der Waals surface area (Å²) in [4.78, 5) is 0. The van der Waals surface area contributed by atoms with Crippen molar-refractivity contribution in [3.8, 4) is 0 Å². The smallest absolute Gasteiger partial charge is 0.200 e. The quantitative estimate of drug-likeness (QED) is 0.126. The summed E-state index contributed by atoms with van der Waals surface area (Å²) >= 11 is 0. The van der Waals surface area contributed by atoms with Crippen molar-refractivity contribution in [1.82, 2.24) is 0 Å². The van der Waals surface area contributed by atoms with E-state index in [4.69, 9.17) is 4.74 Å². The van der Waals surface area contributed by atoms with Crippen LogP contribution in [0.5, 0.6) is 0 Å². The molecule has 0 aliphatic carbocycles. The van der Waals surface area contributed by atoms with Crippen molar-refractivity contribution in [1.29, 1.82) is 0 Å². The van der Waals surface area contributed by atoms with Crippen LogP contribution in [0.3, 0.4) is 0 Å². The van der Waals surface area contributed by atoms with Crippen molar-refractivity contribution >= 4 is 0 Å². The second-order valence-corrected chi connectivity index (χ2v) is 8.53. The van der Waals surface area contributed by atoms with Crippen molar-refractivity contribution < 1.29 is 17.9 Å². The largest absolute Gasteiger partial charge is 0.491 e. The predicted molar refractivity (Wildman–Crippen MR) is 137 cm³/mol. The molecule has 182 valence electrons. The summed E-state index contributed by atoms with van der Waals surface area (Å²) < 4.78 is 48.3. The third-order valence-electron chi connectivity index (χ3n) is 5.15. The second-order valence-electron chi connectivity index (χ2n) is 8.53. The SMILES string of the molecule is C=C(/C=C\C(=C)C(=C)/C(F)=C\C(=C)C(C)CCC(C)C)C(=C)/C(F)=C(/F)C(=C)OCCCC. The molecule has 0 aromatic rings. The molecule has 0 heterocycles. The van der Waals surface area contributed by atoms with Crippen LogP contribution in [0.2, 0.25) is 0 Å². The Bertz CT molecular complexity index is 865. The molecule has 1 nitrogen and oxygen atoms in total. The van der Waals surface area contributed by atoms with Crippen LogP contribution in [0.25, 0.3) is 0 Å². The van der Waals surface area contributed by atoms with Crippen molar-refractivity contribution in [3.63, 3.8) is 0 Å². The van der Waals surface area contributed by atoms with Gasteiger partial charge in [-0.2, -0.15) is 4.39 Å². The van der Waals surface area contributed by atoms with E-state index in [1.807, 2.05) is 13.8 Å². The predicted octanol–water partition coefficient (Wildman–Crippen LogP) is 9.73. The lowest BCUT2D eigenvalue weighted by Gasteiger charge is -2.14. The zero-order chi connectivity index (χ0) is 25.7. The summed E-state index contributed by atoms with van der Waals surface area (Å²) in [6.07, 6.45) is 7.66. The average Bonchev–Trinajstić information content (AvgIpc) is 2.78. The summed E-state index contributed by atoms with van der Waals surface area (Å²) in [5, 5.41) is 0. The van der Waals surface area contributed by atoms with E-state index >= 15 is 0 Å². The van der Waals surface area contributed by atoms with E-state index in [9.17, 15) is 13.2 Å². The van der Waals surface area contributed by atoms with Crippen LogP contribution in [0.1, 0.15) is 53.4 Å². The van der Waals surface area contributed by atoms with Gasteiger partial charge in [-0.25, -0.2) is 8.78 Å². The maximum Gasteiger partial charge on any atom is 0.200 e. The minimum Gasteiger partial charge on any atom is -0.491 e. The van der Waals surface area contributed by atoms with Gasteiger partial charge in [0.25, 0.3) is 0 Å². The van der Waals surface area contributed by atoms with Crippen LogP contribution in [0.15, 0.2) is 109 Å². The van der Waals surface area contributed by atoms with Gasteiger partial charge in [-0.15, -0.1) is 0 Å². The third kappa shape index (κ3) is 11.1. The summed E-state index contributed by atoms with van der Waals surface area (Å²) in [6, 6.07) is 0. The van der Waals surface area contributed by atoms with E-state index in [1.165, 1.54) is 18.2 Å². The lowest BCUT2D eigenvalue weighted by molar-refractivity contribution is 0.203. The minimum atomic E-state index is -1.23. The molecule has 0 aliphatic heterocycles. The fraction of sp³-hybridized carbons (Fsp3) is 0.379. The highest BCUT2D eigenvalue weighted by atomic mass is 19.2. The van der Waals surface area contributed by atoms with Crippen LogP contribution in [-0.4, -0.2) is 6.61 Å². The van der Waals surface area contributed by atoms with Gasteiger partial charge in [0.05, 0.1) is 6.61 Å². The standard InChI is InChI=1S/C29H39F3O/c1-11-12-17-33-26(10)29(32)28(31)25(9)22(6)16-15-21(5)24(8)27(30)18-23(7)20(4)14-13-19(2)3/h15-16,18-20H,5-14,17H2,1-4H3/b16-15-,27-18+,29-28-. The molecule has 0 bridgehead atoms.